The molecule has 0 fully saturated rings. The van der Waals surface area contributed by atoms with E-state index in [4.69, 9.17) is 9.79 Å². The Morgan fingerprint density at radius 1 is 1.67 bits per heavy atom. The first-order chi connectivity index (χ1) is 5.45. The third-order valence-electron chi connectivity index (χ3n) is 1.16. The lowest BCUT2D eigenvalue weighted by Gasteiger charge is -2.04. The van der Waals surface area contributed by atoms with Gasteiger partial charge in [-0.1, -0.05) is 24.3 Å². The van der Waals surface area contributed by atoms with Gasteiger partial charge in [0, 0.05) is 0 Å². The molecule has 5 heteroatoms. The Labute approximate surface area is 71.8 Å². The van der Waals surface area contributed by atoms with E-state index in [0.717, 1.165) is 5.57 Å². The Balaban J connectivity index is 3.64. The number of hydrogen-bond donors (Lipinski definition) is 2. The van der Waals surface area contributed by atoms with Crippen LogP contribution in [0.25, 0.3) is 0 Å². The maximum absolute atomic E-state index is 10.2. The van der Waals surface area contributed by atoms with Crippen molar-refractivity contribution < 1.29 is 18.9 Å². The average molecular weight is 192 g/mol. The summed E-state index contributed by atoms with van der Waals surface area (Å²) >= 11 is 0. The standard InChI is InChI=1S/C7H13O4P/c1-3-4-7(2)5-6-11-12(8,9)10/h3-4H,1,5-6H2,2H3,(H2,8,9,10)/b7-4+. The summed E-state index contributed by atoms with van der Waals surface area (Å²) in [7, 11) is -4.29. The molecule has 0 aliphatic rings. The summed E-state index contributed by atoms with van der Waals surface area (Å²) in [4.78, 5) is 16.6. The quantitative estimate of drug-likeness (QED) is 0.513. The number of rotatable bonds is 5. The number of phosphoric ester groups is 1. The Morgan fingerprint density at radius 3 is 2.67 bits per heavy atom. The first kappa shape index (κ1) is 11.6. The van der Waals surface area contributed by atoms with Crippen LogP contribution >= 0.6 is 7.82 Å². The molecule has 0 aromatic heterocycles. The van der Waals surface area contributed by atoms with Crippen molar-refractivity contribution in [3.8, 4) is 0 Å². The van der Waals surface area contributed by atoms with E-state index >= 15 is 0 Å². The molecule has 4 nitrogen and oxygen atoms in total. The highest BCUT2D eigenvalue weighted by Crippen LogP contribution is 2.35. The van der Waals surface area contributed by atoms with Gasteiger partial charge in [0.1, 0.15) is 0 Å². The van der Waals surface area contributed by atoms with Crippen molar-refractivity contribution in [2.45, 2.75) is 13.3 Å². The first-order valence-electron chi connectivity index (χ1n) is 3.44. The smallest absolute Gasteiger partial charge is 0.303 e. The second kappa shape index (κ2) is 5.27. The summed E-state index contributed by atoms with van der Waals surface area (Å²) in [5.74, 6) is 0. The Kier molecular flexibility index (Phi) is 5.09. The fourth-order valence-corrected chi connectivity index (χ4v) is 0.939. The molecule has 0 rings (SSSR count). The molecule has 0 heterocycles. The van der Waals surface area contributed by atoms with E-state index in [2.05, 4.69) is 11.1 Å². The highest BCUT2D eigenvalue weighted by Gasteiger charge is 2.12. The van der Waals surface area contributed by atoms with E-state index in [1.165, 1.54) is 0 Å². The first-order valence-corrected chi connectivity index (χ1v) is 4.97. The van der Waals surface area contributed by atoms with Crippen molar-refractivity contribution in [3.05, 3.63) is 24.3 Å². The largest absolute Gasteiger partial charge is 0.469 e. The van der Waals surface area contributed by atoms with E-state index in [9.17, 15) is 4.57 Å². The molecule has 0 atom stereocenters. The maximum Gasteiger partial charge on any atom is 0.469 e. The molecule has 70 valence electrons. The van der Waals surface area contributed by atoms with Gasteiger partial charge in [0.2, 0.25) is 0 Å². The lowest BCUT2D eigenvalue weighted by atomic mass is 10.2. The zero-order valence-corrected chi connectivity index (χ0v) is 7.83. The molecular weight excluding hydrogens is 179 g/mol. The summed E-state index contributed by atoms with van der Waals surface area (Å²) in [6.45, 7) is 5.35. The van der Waals surface area contributed by atoms with Gasteiger partial charge in [0.15, 0.2) is 0 Å². The van der Waals surface area contributed by atoms with E-state index < -0.39 is 7.82 Å². The molecule has 2 N–H and O–H groups in total. The van der Waals surface area contributed by atoms with E-state index in [0.29, 0.717) is 6.42 Å². The molecule has 0 amide bonds. The fraction of sp³-hybridized carbons (Fsp3) is 0.429. The Bertz CT molecular complexity index is 215. The van der Waals surface area contributed by atoms with Crippen LogP contribution in [0.5, 0.6) is 0 Å². The fourth-order valence-electron chi connectivity index (χ4n) is 0.610. The van der Waals surface area contributed by atoms with Gasteiger partial charge in [0.25, 0.3) is 0 Å². The zero-order valence-electron chi connectivity index (χ0n) is 6.93. The van der Waals surface area contributed by atoms with Crippen molar-refractivity contribution in [3.63, 3.8) is 0 Å². The van der Waals surface area contributed by atoms with E-state index in [1.54, 1.807) is 12.2 Å². The molecule has 12 heavy (non-hydrogen) atoms. The van der Waals surface area contributed by atoms with Crippen molar-refractivity contribution in [2.24, 2.45) is 0 Å². The van der Waals surface area contributed by atoms with Crippen LogP contribution < -0.4 is 0 Å². The van der Waals surface area contributed by atoms with Crippen molar-refractivity contribution in [2.75, 3.05) is 6.61 Å². The van der Waals surface area contributed by atoms with Gasteiger partial charge in [-0.15, -0.1) is 0 Å². The predicted molar refractivity (Wildman–Crippen MR) is 46.6 cm³/mol. The number of allylic oxidation sites excluding steroid dienone is 2. The molecule has 0 unspecified atom stereocenters. The van der Waals surface area contributed by atoms with Crippen LogP contribution in [0.1, 0.15) is 13.3 Å². The van der Waals surface area contributed by atoms with Crippen LogP contribution in [-0.2, 0) is 9.09 Å². The Morgan fingerprint density at radius 2 is 2.25 bits per heavy atom. The predicted octanol–water partition coefficient (Wildman–Crippen LogP) is 1.62. The summed E-state index contributed by atoms with van der Waals surface area (Å²) in [5, 5.41) is 0. The summed E-state index contributed by atoms with van der Waals surface area (Å²) in [6.07, 6.45) is 3.88. The molecule has 0 aromatic carbocycles. The molecule has 0 saturated carbocycles. The van der Waals surface area contributed by atoms with Crippen LogP contribution in [0.3, 0.4) is 0 Å². The summed E-state index contributed by atoms with van der Waals surface area (Å²) < 4.78 is 14.4. The molecule has 0 aliphatic heterocycles. The second-order valence-corrected chi connectivity index (χ2v) is 3.56. The molecule has 0 saturated heterocycles. The third kappa shape index (κ3) is 7.69. The van der Waals surface area contributed by atoms with Crippen molar-refractivity contribution in [1.82, 2.24) is 0 Å². The van der Waals surface area contributed by atoms with Crippen molar-refractivity contribution >= 4 is 7.82 Å². The summed E-state index contributed by atoms with van der Waals surface area (Å²) in [6, 6.07) is 0. The van der Waals surface area contributed by atoms with Gasteiger partial charge >= 0.3 is 7.82 Å². The minimum absolute atomic E-state index is 0.0282. The van der Waals surface area contributed by atoms with Crippen LogP contribution in [0.4, 0.5) is 0 Å². The second-order valence-electron chi connectivity index (χ2n) is 2.32. The van der Waals surface area contributed by atoms with Gasteiger partial charge in [-0.25, -0.2) is 4.57 Å². The highest BCUT2D eigenvalue weighted by atomic mass is 31.2. The lowest BCUT2D eigenvalue weighted by Crippen LogP contribution is -1.92. The van der Waals surface area contributed by atoms with Crippen LogP contribution in [-0.4, -0.2) is 16.4 Å². The molecule has 0 aromatic rings. The van der Waals surface area contributed by atoms with Crippen molar-refractivity contribution in [1.29, 1.82) is 0 Å². The highest BCUT2D eigenvalue weighted by molar-refractivity contribution is 7.46. The minimum atomic E-state index is -4.29. The average Bonchev–Trinajstić information content (AvgIpc) is 1.84. The van der Waals surface area contributed by atoms with Crippen LogP contribution in [0.2, 0.25) is 0 Å². The van der Waals surface area contributed by atoms with Gasteiger partial charge < -0.3 is 9.79 Å². The molecule has 0 aliphatic carbocycles. The van der Waals surface area contributed by atoms with Gasteiger partial charge in [-0.05, 0) is 13.3 Å². The molecule has 0 bridgehead atoms. The topological polar surface area (TPSA) is 66.8 Å². The monoisotopic (exact) mass is 192 g/mol. The number of hydrogen-bond acceptors (Lipinski definition) is 2. The third-order valence-corrected chi connectivity index (χ3v) is 1.68. The van der Waals surface area contributed by atoms with Gasteiger partial charge in [-0.2, -0.15) is 0 Å². The normalized spacial score (nSPS) is 13.1. The molecular formula is C7H13O4P. The summed E-state index contributed by atoms with van der Waals surface area (Å²) in [5.41, 5.74) is 0.971. The van der Waals surface area contributed by atoms with Crippen LogP contribution in [0.15, 0.2) is 24.3 Å². The van der Waals surface area contributed by atoms with E-state index in [-0.39, 0.29) is 6.61 Å². The lowest BCUT2D eigenvalue weighted by molar-refractivity contribution is 0.199. The molecule has 0 radical (unpaired) electrons. The van der Waals surface area contributed by atoms with Gasteiger partial charge in [-0.3, -0.25) is 4.52 Å². The van der Waals surface area contributed by atoms with Crippen LogP contribution in [0, 0.1) is 0 Å². The van der Waals surface area contributed by atoms with E-state index in [1.807, 2.05) is 6.92 Å². The minimum Gasteiger partial charge on any atom is -0.303 e. The Hall–Kier alpha value is -0.410. The van der Waals surface area contributed by atoms with Gasteiger partial charge in [0.05, 0.1) is 6.61 Å². The zero-order chi connectivity index (χ0) is 9.61. The SMILES string of the molecule is C=C/C=C(\C)CCOP(=O)(O)O. The number of phosphoric acid groups is 1. The maximum atomic E-state index is 10.2. The molecule has 0 spiro atoms.